The second-order valence-electron chi connectivity index (χ2n) is 11.8. The van der Waals surface area contributed by atoms with E-state index in [2.05, 4.69) is 61.7 Å². The van der Waals surface area contributed by atoms with Crippen molar-refractivity contribution in [3.8, 4) is 0 Å². The van der Waals surface area contributed by atoms with Crippen LogP contribution in [0.5, 0.6) is 0 Å². The normalized spacial score (nSPS) is 24.1. The first kappa shape index (κ1) is 23.5. The number of hydrogen-bond donors (Lipinski definition) is 1. The van der Waals surface area contributed by atoms with E-state index in [9.17, 15) is 4.79 Å². The van der Waals surface area contributed by atoms with Gasteiger partial charge in [0.05, 0.1) is 0 Å². The lowest BCUT2D eigenvalue weighted by Gasteiger charge is -2.41. The van der Waals surface area contributed by atoms with E-state index in [0.29, 0.717) is 24.3 Å². The number of benzene rings is 1. The second-order valence-corrected chi connectivity index (χ2v) is 11.8. The highest BCUT2D eigenvalue weighted by Crippen LogP contribution is 2.48. The Bertz CT molecular complexity index is 1030. The zero-order valence-electron chi connectivity index (χ0n) is 21.6. The highest BCUT2D eigenvalue weighted by atomic mass is 16.1. The second kappa shape index (κ2) is 9.44. The van der Waals surface area contributed by atoms with Gasteiger partial charge < -0.3 is 14.8 Å². The van der Waals surface area contributed by atoms with Gasteiger partial charge >= 0.3 is 0 Å². The number of carbonyl (C=O) groups excluding carboxylic acids is 1. The summed E-state index contributed by atoms with van der Waals surface area (Å²) in [7, 11) is 2.16. The molecule has 1 aliphatic heterocycles. The zero-order valence-corrected chi connectivity index (χ0v) is 21.6. The first-order valence-electron chi connectivity index (χ1n) is 13.3. The SMILES string of the molecule is Cc1ccc(NC(=O)CC(c2nnc(C3CC(CC(C)C)C3)n2C2CC2)C2CN(C)C2)c(C)c1. The minimum atomic E-state index is 0.0824. The van der Waals surface area contributed by atoms with Gasteiger partial charge in [0.1, 0.15) is 11.6 Å². The molecule has 1 unspecified atom stereocenters. The maximum absolute atomic E-state index is 13.2. The molecule has 2 aliphatic carbocycles. The summed E-state index contributed by atoms with van der Waals surface area (Å²) in [6.45, 7) is 10.8. The Balaban J connectivity index is 1.35. The van der Waals surface area contributed by atoms with E-state index >= 15 is 0 Å². The van der Waals surface area contributed by atoms with Crippen LogP contribution in [0.3, 0.4) is 0 Å². The topological polar surface area (TPSA) is 63.1 Å². The zero-order chi connectivity index (χ0) is 24.0. The molecular weight excluding hydrogens is 422 g/mol. The summed E-state index contributed by atoms with van der Waals surface area (Å²) in [5.74, 6) is 5.06. The number of nitrogens with one attached hydrogen (secondary N) is 1. The fourth-order valence-electron chi connectivity index (χ4n) is 6.19. The lowest BCUT2D eigenvalue weighted by molar-refractivity contribution is -0.117. The molecule has 1 atom stereocenters. The monoisotopic (exact) mass is 463 g/mol. The molecule has 2 aromatic rings. The van der Waals surface area contributed by atoms with Crippen molar-refractivity contribution in [2.24, 2.45) is 17.8 Å². The molecule has 1 amide bonds. The van der Waals surface area contributed by atoms with Gasteiger partial charge in [-0.05, 0) is 82.4 Å². The molecule has 2 saturated carbocycles. The molecule has 0 bridgehead atoms. The number of aromatic nitrogens is 3. The third-order valence-electron chi connectivity index (χ3n) is 8.12. The molecule has 0 spiro atoms. The largest absolute Gasteiger partial charge is 0.326 e. The van der Waals surface area contributed by atoms with Crippen LogP contribution in [0.1, 0.15) is 93.0 Å². The standard InChI is InChI=1S/C28H41N5O/c1-17(2)10-20-12-21(13-20)27-30-31-28(33(27)23-7-8-23)24(22-15-32(5)16-22)14-26(34)29-25-9-6-18(3)11-19(25)4/h6,9,11,17,20-24H,7-8,10,12-16H2,1-5H3,(H,29,34). The summed E-state index contributed by atoms with van der Waals surface area (Å²) in [4.78, 5) is 15.6. The number of carbonyl (C=O) groups is 1. The first-order valence-corrected chi connectivity index (χ1v) is 13.3. The van der Waals surface area contributed by atoms with E-state index in [1.54, 1.807) is 0 Å². The average Bonchev–Trinajstić information content (AvgIpc) is 3.47. The number of nitrogens with zero attached hydrogens (tertiary/aromatic N) is 4. The van der Waals surface area contributed by atoms with Crippen molar-refractivity contribution in [1.29, 1.82) is 0 Å². The lowest BCUT2D eigenvalue weighted by Crippen LogP contribution is -2.47. The predicted molar refractivity (Wildman–Crippen MR) is 136 cm³/mol. The Morgan fingerprint density at radius 1 is 1.15 bits per heavy atom. The van der Waals surface area contributed by atoms with Gasteiger partial charge in [-0.3, -0.25) is 4.79 Å². The van der Waals surface area contributed by atoms with Crippen LogP contribution in [0.25, 0.3) is 0 Å². The predicted octanol–water partition coefficient (Wildman–Crippen LogP) is 5.44. The molecular formula is C28H41N5O. The average molecular weight is 464 g/mol. The maximum Gasteiger partial charge on any atom is 0.225 e. The quantitative estimate of drug-likeness (QED) is 0.538. The fraction of sp³-hybridized carbons (Fsp3) is 0.679. The number of likely N-dealkylation sites (tertiary alicyclic amines) is 1. The molecule has 184 valence electrons. The van der Waals surface area contributed by atoms with Gasteiger partial charge in [0, 0.05) is 43.1 Å². The maximum atomic E-state index is 13.2. The van der Waals surface area contributed by atoms with Gasteiger partial charge in [0.15, 0.2) is 0 Å². The van der Waals surface area contributed by atoms with Crippen molar-refractivity contribution in [2.45, 2.75) is 84.1 Å². The minimum Gasteiger partial charge on any atom is -0.326 e. The van der Waals surface area contributed by atoms with Crippen molar-refractivity contribution >= 4 is 11.6 Å². The Hall–Kier alpha value is -2.21. The molecule has 34 heavy (non-hydrogen) atoms. The van der Waals surface area contributed by atoms with Gasteiger partial charge in [-0.2, -0.15) is 0 Å². The number of amides is 1. The van der Waals surface area contributed by atoms with Crippen LogP contribution in [0.2, 0.25) is 0 Å². The molecule has 1 N–H and O–H groups in total. The van der Waals surface area contributed by atoms with E-state index in [1.165, 1.54) is 43.5 Å². The Morgan fingerprint density at radius 3 is 2.50 bits per heavy atom. The third kappa shape index (κ3) is 4.93. The van der Waals surface area contributed by atoms with E-state index in [1.807, 2.05) is 6.07 Å². The summed E-state index contributed by atoms with van der Waals surface area (Å²) in [5, 5.41) is 12.8. The molecule has 1 aromatic heterocycles. The van der Waals surface area contributed by atoms with Crippen molar-refractivity contribution in [3.05, 3.63) is 41.0 Å². The Kier molecular flexibility index (Phi) is 6.54. The summed E-state index contributed by atoms with van der Waals surface area (Å²) in [5.41, 5.74) is 3.23. The van der Waals surface area contributed by atoms with Crippen LogP contribution in [-0.2, 0) is 4.79 Å². The summed E-state index contributed by atoms with van der Waals surface area (Å²) in [6, 6.07) is 6.73. The van der Waals surface area contributed by atoms with Crippen molar-refractivity contribution in [1.82, 2.24) is 19.7 Å². The van der Waals surface area contributed by atoms with Crippen LogP contribution in [0.4, 0.5) is 5.69 Å². The lowest BCUT2D eigenvalue weighted by atomic mass is 9.71. The van der Waals surface area contributed by atoms with Crippen LogP contribution >= 0.6 is 0 Å². The van der Waals surface area contributed by atoms with Gasteiger partial charge in [0.25, 0.3) is 0 Å². The Morgan fingerprint density at radius 2 is 1.88 bits per heavy atom. The molecule has 6 heteroatoms. The summed E-state index contributed by atoms with van der Waals surface area (Å²) < 4.78 is 2.48. The fourth-order valence-corrected chi connectivity index (χ4v) is 6.19. The van der Waals surface area contributed by atoms with Gasteiger partial charge in [-0.15, -0.1) is 10.2 Å². The molecule has 1 saturated heterocycles. The number of aryl methyl sites for hydroxylation is 2. The summed E-state index contributed by atoms with van der Waals surface area (Å²) >= 11 is 0. The van der Waals surface area contributed by atoms with Crippen molar-refractivity contribution in [3.63, 3.8) is 0 Å². The highest BCUT2D eigenvalue weighted by Gasteiger charge is 2.42. The molecule has 2 heterocycles. The molecule has 5 rings (SSSR count). The van der Waals surface area contributed by atoms with Gasteiger partial charge in [-0.1, -0.05) is 31.5 Å². The van der Waals surface area contributed by atoms with Crippen LogP contribution < -0.4 is 5.32 Å². The van der Waals surface area contributed by atoms with Crippen LogP contribution in [0, 0.1) is 31.6 Å². The number of hydrogen-bond acceptors (Lipinski definition) is 4. The van der Waals surface area contributed by atoms with E-state index in [-0.39, 0.29) is 11.8 Å². The van der Waals surface area contributed by atoms with E-state index in [0.717, 1.165) is 42.0 Å². The minimum absolute atomic E-state index is 0.0824. The van der Waals surface area contributed by atoms with E-state index in [4.69, 9.17) is 10.2 Å². The highest BCUT2D eigenvalue weighted by molar-refractivity contribution is 5.92. The summed E-state index contributed by atoms with van der Waals surface area (Å²) in [6.07, 6.45) is 6.70. The molecule has 1 aromatic carbocycles. The number of rotatable bonds is 9. The molecule has 3 aliphatic rings. The van der Waals surface area contributed by atoms with Crippen LogP contribution in [-0.4, -0.2) is 45.7 Å². The van der Waals surface area contributed by atoms with Crippen LogP contribution in [0.15, 0.2) is 18.2 Å². The van der Waals surface area contributed by atoms with Crippen molar-refractivity contribution < 1.29 is 4.79 Å². The molecule has 0 radical (unpaired) electrons. The smallest absolute Gasteiger partial charge is 0.225 e. The molecule has 6 nitrogen and oxygen atoms in total. The third-order valence-corrected chi connectivity index (χ3v) is 8.12. The van der Waals surface area contributed by atoms with Crippen molar-refractivity contribution in [2.75, 3.05) is 25.5 Å². The molecule has 3 fully saturated rings. The Labute approximate surface area is 204 Å². The van der Waals surface area contributed by atoms with Gasteiger partial charge in [0.2, 0.25) is 5.91 Å². The number of anilines is 1. The van der Waals surface area contributed by atoms with E-state index < -0.39 is 0 Å². The first-order chi connectivity index (χ1) is 16.3. The van der Waals surface area contributed by atoms with Gasteiger partial charge in [-0.25, -0.2) is 0 Å².